The van der Waals surface area contributed by atoms with Gasteiger partial charge in [0.05, 0.1) is 16.8 Å². The van der Waals surface area contributed by atoms with E-state index >= 15 is 0 Å². The summed E-state index contributed by atoms with van der Waals surface area (Å²) in [5.41, 5.74) is 11.2. The topological polar surface area (TPSA) is 65.2 Å². The minimum absolute atomic E-state index is 0.219. The van der Waals surface area contributed by atoms with Gasteiger partial charge in [0.2, 0.25) is 0 Å². The molecule has 0 aliphatic heterocycles. The van der Waals surface area contributed by atoms with Crippen molar-refractivity contribution in [3.05, 3.63) is 203 Å². The number of benzene rings is 8. The summed E-state index contributed by atoms with van der Waals surface area (Å²) < 4.78 is 0. The first-order valence-electron chi connectivity index (χ1n) is 17.9. The zero-order valence-corrected chi connectivity index (χ0v) is 29.5. The number of phenols is 2. The van der Waals surface area contributed by atoms with E-state index in [4.69, 9.17) is 9.98 Å². The van der Waals surface area contributed by atoms with Gasteiger partial charge in [0.1, 0.15) is 11.5 Å². The lowest BCUT2D eigenvalue weighted by Crippen LogP contribution is -2.28. The number of aliphatic imine (C=N–C) groups is 2. The number of phenolic OH excluding ortho intramolecular Hbond substituents is 2. The van der Waals surface area contributed by atoms with E-state index in [1.165, 1.54) is 22.3 Å². The summed E-state index contributed by atoms with van der Waals surface area (Å²) in [6.07, 6.45) is 0. The Balaban J connectivity index is 1.16. The molecular formula is C49H36N2O2. The summed E-state index contributed by atoms with van der Waals surface area (Å²) in [4.78, 5) is 10.0. The maximum Gasteiger partial charge on any atom is 0.125 e. The molecule has 0 heterocycles. The molecule has 1 aliphatic rings. The molecule has 9 rings (SSSR count). The number of rotatable bonds is 6. The Morgan fingerprint density at radius 2 is 0.792 bits per heavy atom. The van der Waals surface area contributed by atoms with Gasteiger partial charge in [-0.25, -0.2) is 0 Å². The number of aromatic hydroxyl groups is 2. The van der Waals surface area contributed by atoms with Crippen molar-refractivity contribution < 1.29 is 10.2 Å². The predicted octanol–water partition coefficient (Wildman–Crippen LogP) is 12.0. The van der Waals surface area contributed by atoms with Crippen molar-refractivity contribution in [1.82, 2.24) is 0 Å². The van der Waals surface area contributed by atoms with E-state index in [9.17, 15) is 10.2 Å². The fourth-order valence-corrected chi connectivity index (χ4v) is 8.38. The van der Waals surface area contributed by atoms with Crippen LogP contribution in [0.2, 0.25) is 0 Å². The molecule has 4 heteroatoms. The van der Waals surface area contributed by atoms with Gasteiger partial charge in [0, 0.05) is 22.6 Å². The Morgan fingerprint density at radius 3 is 1.23 bits per heavy atom. The van der Waals surface area contributed by atoms with Crippen LogP contribution >= 0.6 is 0 Å². The molecule has 0 amide bonds. The summed E-state index contributed by atoms with van der Waals surface area (Å²) in [6, 6.07) is 57.9. The monoisotopic (exact) mass is 684 g/mol. The van der Waals surface area contributed by atoms with E-state index in [1.807, 2.05) is 74.5 Å². The van der Waals surface area contributed by atoms with E-state index in [0.29, 0.717) is 0 Å². The van der Waals surface area contributed by atoms with E-state index in [0.717, 1.165) is 66.6 Å². The molecule has 0 saturated heterocycles. The van der Waals surface area contributed by atoms with Gasteiger partial charge in [-0.1, -0.05) is 133 Å². The molecular weight excluding hydrogens is 649 g/mol. The minimum Gasteiger partial charge on any atom is -0.507 e. The lowest BCUT2D eigenvalue weighted by molar-refractivity contribution is 0.474. The van der Waals surface area contributed by atoms with Crippen LogP contribution in [0.25, 0.3) is 32.7 Å². The smallest absolute Gasteiger partial charge is 0.125 e. The Labute approximate surface area is 308 Å². The molecule has 0 bridgehead atoms. The molecule has 0 spiro atoms. The fourth-order valence-electron chi connectivity index (χ4n) is 8.38. The van der Waals surface area contributed by atoms with Crippen LogP contribution in [0.5, 0.6) is 11.5 Å². The molecule has 0 atom stereocenters. The number of hydrogen-bond donors (Lipinski definition) is 2. The van der Waals surface area contributed by atoms with Gasteiger partial charge in [-0.15, -0.1) is 0 Å². The van der Waals surface area contributed by atoms with E-state index in [-0.39, 0.29) is 11.5 Å². The third-order valence-corrected chi connectivity index (χ3v) is 10.7. The van der Waals surface area contributed by atoms with Crippen molar-refractivity contribution in [1.29, 1.82) is 0 Å². The van der Waals surface area contributed by atoms with Gasteiger partial charge >= 0.3 is 0 Å². The van der Waals surface area contributed by atoms with Crippen LogP contribution in [0, 0.1) is 0 Å². The van der Waals surface area contributed by atoms with Gasteiger partial charge < -0.3 is 10.2 Å². The Kier molecular flexibility index (Phi) is 7.74. The zero-order chi connectivity index (χ0) is 36.1. The molecule has 1 aliphatic carbocycles. The SMILES string of the molecule is CC(=Nc1ccc(C2(c3ccc(N=C(C)c4c(O)ccc5ccccc45)cc3)c3ccccc3-c3ccccc32)cc1)c1c(O)ccc2ccccc12. The fraction of sp³-hybridized carbons (Fsp3) is 0.0612. The van der Waals surface area contributed by atoms with E-state index in [1.54, 1.807) is 12.1 Å². The lowest BCUT2D eigenvalue weighted by atomic mass is 9.67. The second-order valence-electron chi connectivity index (χ2n) is 13.7. The number of hydrogen-bond acceptors (Lipinski definition) is 4. The van der Waals surface area contributed by atoms with Gasteiger partial charge in [-0.2, -0.15) is 0 Å². The first kappa shape index (κ1) is 32.1. The predicted molar refractivity (Wildman–Crippen MR) is 219 cm³/mol. The van der Waals surface area contributed by atoms with Crippen LogP contribution in [0.4, 0.5) is 11.4 Å². The van der Waals surface area contributed by atoms with Gasteiger partial charge in [-0.3, -0.25) is 9.98 Å². The van der Waals surface area contributed by atoms with Crippen LogP contribution in [-0.4, -0.2) is 21.6 Å². The highest BCUT2D eigenvalue weighted by atomic mass is 16.3. The first-order chi connectivity index (χ1) is 25.9. The van der Waals surface area contributed by atoms with Crippen molar-refractivity contribution >= 4 is 44.3 Å². The standard InChI is InChI=1S/C49H36N2O2/c1-31(47-39-13-5-3-11-33(39)19-29-45(47)52)50-37-25-21-35(22-26-37)49(43-17-9-7-15-41(43)42-16-8-10-18-44(42)49)36-23-27-38(28-24-36)51-32(2)48-40-14-6-4-12-34(40)20-30-46(48)53/h3-30,52-53H,1-2H3. The molecule has 0 saturated carbocycles. The molecule has 53 heavy (non-hydrogen) atoms. The Hall–Kier alpha value is -6.78. The van der Waals surface area contributed by atoms with Gasteiger partial charge in [0.15, 0.2) is 0 Å². The third kappa shape index (κ3) is 5.22. The van der Waals surface area contributed by atoms with E-state index < -0.39 is 5.41 Å². The quantitative estimate of drug-likeness (QED) is 0.171. The summed E-state index contributed by atoms with van der Waals surface area (Å²) in [5.74, 6) is 0.438. The maximum absolute atomic E-state index is 10.9. The number of fused-ring (bicyclic) bond motifs is 5. The summed E-state index contributed by atoms with van der Waals surface area (Å²) in [7, 11) is 0. The van der Waals surface area contributed by atoms with Crippen molar-refractivity contribution in [2.75, 3.05) is 0 Å². The number of nitrogens with zero attached hydrogens (tertiary/aromatic N) is 2. The molecule has 0 aromatic heterocycles. The van der Waals surface area contributed by atoms with Crippen LogP contribution < -0.4 is 0 Å². The second-order valence-corrected chi connectivity index (χ2v) is 13.7. The maximum atomic E-state index is 10.9. The van der Waals surface area contributed by atoms with Crippen LogP contribution in [-0.2, 0) is 5.41 Å². The normalized spacial score (nSPS) is 13.6. The average Bonchev–Trinajstić information content (AvgIpc) is 3.49. The average molecular weight is 685 g/mol. The van der Waals surface area contributed by atoms with Crippen molar-refractivity contribution in [3.63, 3.8) is 0 Å². The molecule has 4 nitrogen and oxygen atoms in total. The minimum atomic E-state index is -0.580. The molecule has 8 aromatic carbocycles. The van der Waals surface area contributed by atoms with Crippen molar-refractivity contribution in [2.24, 2.45) is 9.98 Å². The van der Waals surface area contributed by atoms with Crippen molar-refractivity contribution in [3.8, 4) is 22.6 Å². The van der Waals surface area contributed by atoms with Crippen LogP contribution in [0.15, 0.2) is 180 Å². The zero-order valence-electron chi connectivity index (χ0n) is 29.5. The Morgan fingerprint density at radius 1 is 0.415 bits per heavy atom. The summed E-state index contributed by atoms with van der Waals surface area (Å²) in [5, 5.41) is 25.8. The highest BCUT2D eigenvalue weighted by molar-refractivity contribution is 6.13. The second kappa shape index (κ2) is 12.8. The van der Waals surface area contributed by atoms with Crippen LogP contribution in [0.3, 0.4) is 0 Å². The van der Waals surface area contributed by atoms with Crippen molar-refractivity contribution in [2.45, 2.75) is 19.3 Å². The largest absolute Gasteiger partial charge is 0.507 e. The Bertz CT molecular complexity index is 2570. The molecule has 254 valence electrons. The summed E-state index contributed by atoms with van der Waals surface area (Å²) >= 11 is 0. The van der Waals surface area contributed by atoms with E-state index in [2.05, 4.69) is 97.1 Å². The molecule has 0 fully saturated rings. The summed E-state index contributed by atoms with van der Waals surface area (Å²) in [6.45, 7) is 3.90. The van der Waals surface area contributed by atoms with Crippen LogP contribution in [0.1, 0.15) is 47.2 Å². The third-order valence-electron chi connectivity index (χ3n) is 10.7. The molecule has 8 aromatic rings. The highest BCUT2D eigenvalue weighted by Crippen LogP contribution is 2.56. The lowest BCUT2D eigenvalue weighted by Gasteiger charge is -2.34. The van der Waals surface area contributed by atoms with Gasteiger partial charge in [0.25, 0.3) is 0 Å². The molecule has 2 N–H and O–H groups in total. The molecule has 0 unspecified atom stereocenters. The highest BCUT2D eigenvalue weighted by Gasteiger charge is 2.45. The first-order valence-corrected chi connectivity index (χ1v) is 17.9. The van der Waals surface area contributed by atoms with Gasteiger partial charge in [-0.05, 0) is 105 Å². The molecule has 0 radical (unpaired) electrons.